The van der Waals surface area contributed by atoms with Gasteiger partial charge in [-0.1, -0.05) is 27.4 Å². The molecule has 1 N–H and O–H groups in total. The van der Waals surface area contributed by atoms with Crippen LogP contribution in [-0.4, -0.2) is 46.4 Å². The lowest BCUT2D eigenvalue weighted by molar-refractivity contribution is -0.138. The molecule has 0 aliphatic carbocycles. The number of hydrogen-bond acceptors (Lipinski definition) is 7. The Morgan fingerprint density at radius 2 is 1.90 bits per heavy atom. The molecule has 0 aliphatic rings. The van der Waals surface area contributed by atoms with Crippen LogP contribution in [0.4, 0.5) is 0 Å². The molecule has 30 heavy (non-hydrogen) atoms. The van der Waals surface area contributed by atoms with Gasteiger partial charge in [0.05, 0.1) is 7.11 Å². The number of benzene rings is 2. The molecule has 0 fully saturated rings. The number of rotatable bonds is 7. The third kappa shape index (κ3) is 4.37. The Kier molecular flexibility index (Phi) is 5.96. The van der Waals surface area contributed by atoms with Gasteiger partial charge in [0, 0.05) is 17.7 Å². The van der Waals surface area contributed by atoms with Gasteiger partial charge in [0.2, 0.25) is 0 Å². The number of esters is 1. The summed E-state index contributed by atoms with van der Waals surface area (Å²) in [7, 11) is 1.57. The van der Waals surface area contributed by atoms with Crippen LogP contribution in [0, 0.1) is 0 Å². The molecule has 2 aromatic carbocycles. The Bertz CT molecular complexity index is 1080. The summed E-state index contributed by atoms with van der Waals surface area (Å²) < 4.78 is 15.9. The standard InChI is InChI=1S/C22H25N3O5/c1-6-19(26)30-12-11-29-14-7-8-15-16(13-14)24-25(23-15)17-9-10-18(28-5)20(21(17)27)22(2,3)4/h6-10,13,27H,1,11-12H2,2-5H3. The highest BCUT2D eigenvalue weighted by atomic mass is 16.6. The molecule has 0 saturated heterocycles. The van der Waals surface area contributed by atoms with Gasteiger partial charge in [-0.05, 0) is 29.7 Å². The van der Waals surface area contributed by atoms with Crippen molar-refractivity contribution in [3.05, 3.63) is 48.6 Å². The lowest BCUT2D eigenvalue weighted by atomic mass is 9.85. The summed E-state index contributed by atoms with van der Waals surface area (Å²) >= 11 is 0. The normalized spacial score (nSPS) is 11.3. The van der Waals surface area contributed by atoms with Gasteiger partial charge in [0.15, 0.2) is 5.75 Å². The van der Waals surface area contributed by atoms with Crippen molar-refractivity contribution >= 4 is 17.0 Å². The lowest BCUT2D eigenvalue weighted by Gasteiger charge is -2.24. The predicted octanol–water partition coefficient (Wildman–Crippen LogP) is 3.54. The van der Waals surface area contributed by atoms with E-state index in [2.05, 4.69) is 16.8 Å². The molecule has 1 aromatic heterocycles. The molecule has 3 aromatic rings. The Hall–Kier alpha value is -3.55. The van der Waals surface area contributed by atoms with E-state index in [9.17, 15) is 9.90 Å². The monoisotopic (exact) mass is 411 g/mol. The van der Waals surface area contributed by atoms with E-state index in [0.717, 1.165) is 6.08 Å². The fraction of sp³-hybridized carbons (Fsp3) is 0.318. The molecule has 8 heteroatoms. The van der Waals surface area contributed by atoms with Gasteiger partial charge in [-0.2, -0.15) is 0 Å². The van der Waals surface area contributed by atoms with E-state index in [4.69, 9.17) is 14.2 Å². The molecule has 0 amide bonds. The molecule has 1 heterocycles. The number of fused-ring (bicyclic) bond motifs is 1. The van der Waals surface area contributed by atoms with Crippen LogP contribution in [0.2, 0.25) is 0 Å². The van der Waals surface area contributed by atoms with Crippen molar-refractivity contribution in [3.8, 4) is 22.9 Å². The van der Waals surface area contributed by atoms with Crippen LogP contribution >= 0.6 is 0 Å². The Labute approximate surface area is 174 Å². The van der Waals surface area contributed by atoms with Gasteiger partial charge in [0.25, 0.3) is 0 Å². The van der Waals surface area contributed by atoms with Crippen molar-refractivity contribution < 1.29 is 24.1 Å². The zero-order valence-corrected chi connectivity index (χ0v) is 17.5. The summed E-state index contributed by atoms with van der Waals surface area (Å²) in [6.45, 7) is 9.65. The van der Waals surface area contributed by atoms with Crippen molar-refractivity contribution in [1.82, 2.24) is 15.0 Å². The van der Waals surface area contributed by atoms with Crippen LogP contribution in [0.5, 0.6) is 17.2 Å². The highest BCUT2D eigenvalue weighted by Gasteiger charge is 2.26. The van der Waals surface area contributed by atoms with Crippen LogP contribution in [0.15, 0.2) is 43.0 Å². The zero-order valence-electron chi connectivity index (χ0n) is 17.5. The second-order valence-electron chi connectivity index (χ2n) is 7.62. The third-order valence-corrected chi connectivity index (χ3v) is 4.42. The molecule has 158 valence electrons. The van der Waals surface area contributed by atoms with E-state index in [1.165, 1.54) is 4.80 Å². The highest BCUT2D eigenvalue weighted by Crippen LogP contribution is 2.41. The minimum atomic E-state index is -0.495. The fourth-order valence-electron chi connectivity index (χ4n) is 3.07. The van der Waals surface area contributed by atoms with Crippen molar-refractivity contribution in [2.75, 3.05) is 20.3 Å². The molecule has 0 aliphatic heterocycles. The average molecular weight is 411 g/mol. The summed E-state index contributed by atoms with van der Waals surface area (Å²) in [5.74, 6) is 0.750. The number of phenols is 1. The summed E-state index contributed by atoms with van der Waals surface area (Å²) in [5.41, 5.74) is 2.04. The quantitative estimate of drug-likeness (QED) is 0.361. The number of aromatic hydroxyl groups is 1. The molecule has 0 atom stereocenters. The minimum Gasteiger partial charge on any atom is -0.505 e. The van der Waals surface area contributed by atoms with Crippen LogP contribution in [0.3, 0.4) is 0 Å². The van der Waals surface area contributed by atoms with Gasteiger partial charge < -0.3 is 19.3 Å². The maximum atomic E-state index is 11.0. The third-order valence-electron chi connectivity index (χ3n) is 4.42. The fourth-order valence-corrected chi connectivity index (χ4v) is 3.07. The van der Waals surface area contributed by atoms with Gasteiger partial charge in [0.1, 0.15) is 41.4 Å². The maximum Gasteiger partial charge on any atom is 0.330 e. The lowest BCUT2D eigenvalue weighted by Crippen LogP contribution is -2.14. The van der Waals surface area contributed by atoms with Crippen molar-refractivity contribution in [3.63, 3.8) is 0 Å². The number of aromatic nitrogens is 3. The van der Waals surface area contributed by atoms with E-state index in [-0.39, 0.29) is 24.4 Å². The molecule has 0 bridgehead atoms. The summed E-state index contributed by atoms with van der Waals surface area (Å²) in [4.78, 5) is 12.4. The Morgan fingerprint density at radius 3 is 2.57 bits per heavy atom. The Balaban J connectivity index is 1.87. The van der Waals surface area contributed by atoms with Crippen LogP contribution in [0.1, 0.15) is 26.3 Å². The zero-order chi connectivity index (χ0) is 21.9. The SMILES string of the molecule is C=CC(=O)OCCOc1ccc2nn(-c3ccc(OC)c(C(C)(C)C)c3O)nc2c1. The van der Waals surface area contributed by atoms with E-state index >= 15 is 0 Å². The summed E-state index contributed by atoms with van der Waals surface area (Å²) in [6.07, 6.45) is 1.10. The topological polar surface area (TPSA) is 95.7 Å². The largest absolute Gasteiger partial charge is 0.505 e. The van der Waals surface area contributed by atoms with Gasteiger partial charge >= 0.3 is 5.97 Å². The summed E-state index contributed by atoms with van der Waals surface area (Å²) in [5, 5.41) is 19.9. The van der Waals surface area contributed by atoms with E-state index in [1.54, 1.807) is 37.4 Å². The molecule has 8 nitrogen and oxygen atoms in total. The summed E-state index contributed by atoms with van der Waals surface area (Å²) in [6, 6.07) is 8.77. The highest BCUT2D eigenvalue weighted by molar-refractivity contribution is 5.81. The maximum absolute atomic E-state index is 11.0. The first-order valence-corrected chi connectivity index (χ1v) is 9.44. The van der Waals surface area contributed by atoms with Gasteiger partial charge in [-0.15, -0.1) is 15.0 Å². The molecule has 0 unspecified atom stereocenters. The number of hydrogen-bond donors (Lipinski definition) is 1. The number of carbonyl (C=O) groups is 1. The molecular formula is C22H25N3O5. The van der Waals surface area contributed by atoms with E-state index in [0.29, 0.717) is 33.8 Å². The van der Waals surface area contributed by atoms with E-state index < -0.39 is 5.97 Å². The number of methoxy groups -OCH3 is 1. The van der Waals surface area contributed by atoms with Crippen molar-refractivity contribution in [2.24, 2.45) is 0 Å². The van der Waals surface area contributed by atoms with Gasteiger partial charge in [-0.25, -0.2) is 4.79 Å². The average Bonchev–Trinajstić information content (AvgIpc) is 3.12. The predicted molar refractivity (Wildman–Crippen MR) is 112 cm³/mol. The smallest absolute Gasteiger partial charge is 0.330 e. The van der Waals surface area contributed by atoms with E-state index in [1.807, 2.05) is 20.8 Å². The molecule has 0 saturated carbocycles. The van der Waals surface area contributed by atoms with Crippen LogP contribution in [0.25, 0.3) is 16.7 Å². The molecular weight excluding hydrogens is 386 g/mol. The number of phenolic OH excluding ortho intramolecular Hbond substituents is 1. The molecule has 0 spiro atoms. The van der Waals surface area contributed by atoms with Crippen LogP contribution in [-0.2, 0) is 14.9 Å². The van der Waals surface area contributed by atoms with Crippen LogP contribution < -0.4 is 9.47 Å². The van der Waals surface area contributed by atoms with Crippen molar-refractivity contribution in [2.45, 2.75) is 26.2 Å². The number of ether oxygens (including phenoxy) is 3. The van der Waals surface area contributed by atoms with Gasteiger partial charge in [-0.3, -0.25) is 0 Å². The first-order valence-electron chi connectivity index (χ1n) is 9.44. The minimum absolute atomic E-state index is 0.0719. The number of carbonyl (C=O) groups excluding carboxylic acids is 1. The Morgan fingerprint density at radius 1 is 1.17 bits per heavy atom. The first kappa shape index (κ1) is 21.2. The van der Waals surface area contributed by atoms with Crippen molar-refractivity contribution in [1.29, 1.82) is 0 Å². The first-order chi connectivity index (χ1) is 14.2. The molecule has 0 radical (unpaired) electrons. The second-order valence-corrected chi connectivity index (χ2v) is 7.62. The second kappa shape index (κ2) is 8.44. The molecule has 3 rings (SSSR count). The number of nitrogens with zero attached hydrogens (tertiary/aromatic N) is 3.